The summed E-state index contributed by atoms with van der Waals surface area (Å²) in [5, 5.41) is 0. The van der Waals surface area contributed by atoms with Crippen molar-refractivity contribution in [3.05, 3.63) is 34.3 Å². The van der Waals surface area contributed by atoms with Crippen LogP contribution in [0.15, 0.2) is 28.7 Å². The van der Waals surface area contributed by atoms with Gasteiger partial charge in [-0.2, -0.15) is 0 Å². The number of carbonyl (C=O) groups excluding carboxylic acids is 1. The summed E-state index contributed by atoms with van der Waals surface area (Å²) in [5.74, 6) is 0.0542. The number of hydrogen-bond donors (Lipinski definition) is 0. The number of benzene rings is 1. The third-order valence-electron chi connectivity index (χ3n) is 3.04. The molecule has 1 rings (SSSR count). The van der Waals surface area contributed by atoms with Gasteiger partial charge in [-0.15, -0.1) is 0 Å². The third kappa shape index (κ3) is 7.48. The first-order valence-electron chi connectivity index (χ1n) is 7.10. The molecule has 1 aromatic carbocycles. The Bertz CT molecular complexity index is 360. The van der Waals surface area contributed by atoms with E-state index < -0.39 is 0 Å². The van der Waals surface area contributed by atoms with E-state index in [0.717, 1.165) is 10.9 Å². The quantitative estimate of drug-likeness (QED) is 0.446. The summed E-state index contributed by atoms with van der Waals surface area (Å²) >= 11 is 3.35. The van der Waals surface area contributed by atoms with Gasteiger partial charge >= 0.3 is 0 Å². The molecule has 1 aromatic rings. The van der Waals surface area contributed by atoms with E-state index >= 15 is 0 Å². The topological polar surface area (TPSA) is 26.3 Å². The van der Waals surface area contributed by atoms with Crippen LogP contribution in [0.2, 0.25) is 0 Å². The Morgan fingerprint density at radius 3 is 2.37 bits per heavy atom. The van der Waals surface area contributed by atoms with Crippen LogP contribution in [0.5, 0.6) is 0 Å². The molecule has 0 aliphatic rings. The molecule has 0 saturated heterocycles. The lowest BCUT2D eigenvalue weighted by atomic mass is 10.1. The minimum atomic E-state index is 0.0542. The zero-order valence-corrected chi connectivity index (χ0v) is 13.2. The summed E-state index contributed by atoms with van der Waals surface area (Å²) in [6.07, 6.45) is 7.44. The fraction of sp³-hybridized carbons (Fsp3) is 0.562. The fourth-order valence-corrected chi connectivity index (χ4v) is 2.13. The molecule has 0 aromatic heterocycles. The van der Waals surface area contributed by atoms with Gasteiger partial charge in [0.05, 0.1) is 0 Å². The number of carbonyl (C=O) groups is 1. The van der Waals surface area contributed by atoms with E-state index in [1.807, 2.05) is 24.3 Å². The lowest BCUT2D eigenvalue weighted by Crippen LogP contribution is -2.09. The van der Waals surface area contributed by atoms with Gasteiger partial charge in [0.2, 0.25) is 0 Å². The van der Waals surface area contributed by atoms with E-state index in [0.29, 0.717) is 12.2 Å². The van der Waals surface area contributed by atoms with Gasteiger partial charge in [-0.1, -0.05) is 67.1 Å². The van der Waals surface area contributed by atoms with E-state index in [1.54, 1.807) is 0 Å². The maximum atomic E-state index is 11.8. The van der Waals surface area contributed by atoms with E-state index in [-0.39, 0.29) is 12.4 Å². The van der Waals surface area contributed by atoms with Crippen molar-refractivity contribution in [1.29, 1.82) is 0 Å². The lowest BCUT2D eigenvalue weighted by Gasteiger charge is -2.04. The van der Waals surface area contributed by atoms with Gasteiger partial charge in [-0.25, -0.2) is 0 Å². The number of ether oxygens (including phenoxy) is 1. The van der Waals surface area contributed by atoms with Gasteiger partial charge in [0.25, 0.3) is 0 Å². The Kier molecular flexibility index (Phi) is 8.76. The Hall–Kier alpha value is -0.670. The van der Waals surface area contributed by atoms with Crippen LogP contribution in [0.3, 0.4) is 0 Å². The molecule has 0 saturated carbocycles. The molecule has 0 atom stereocenters. The summed E-state index contributed by atoms with van der Waals surface area (Å²) < 4.78 is 6.41. The van der Waals surface area contributed by atoms with Crippen LogP contribution in [-0.2, 0) is 4.74 Å². The molecular formula is C16H23BrO2. The normalized spacial score (nSPS) is 10.6. The number of unbranched alkanes of at least 4 members (excludes halogenated alkanes) is 5. The van der Waals surface area contributed by atoms with Crippen molar-refractivity contribution in [1.82, 2.24) is 0 Å². The van der Waals surface area contributed by atoms with Gasteiger partial charge < -0.3 is 4.74 Å². The number of ketones is 1. The molecule has 0 N–H and O–H groups in total. The van der Waals surface area contributed by atoms with Crippen LogP contribution < -0.4 is 0 Å². The summed E-state index contributed by atoms with van der Waals surface area (Å²) in [4.78, 5) is 11.8. The largest absolute Gasteiger partial charge is 0.373 e. The van der Waals surface area contributed by atoms with E-state index in [4.69, 9.17) is 4.74 Å². The number of hydrogen-bond acceptors (Lipinski definition) is 2. The first kappa shape index (κ1) is 16.4. The highest BCUT2D eigenvalue weighted by molar-refractivity contribution is 9.10. The predicted molar refractivity (Wildman–Crippen MR) is 82.7 cm³/mol. The monoisotopic (exact) mass is 326 g/mol. The molecule has 0 bridgehead atoms. The molecule has 0 heterocycles. The van der Waals surface area contributed by atoms with Crippen molar-refractivity contribution in [2.45, 2.75) is 45.4 Å². The second kappa shape index (κ2) is 10.2. The Morgan fingerprint density at radius 1 is 1.05 bits per heavy atom. The summed E-state index contributed by atoms with van der Waals surface area (Å²) in [5.41, 5.74) is 0.714. The minimum absolute atomic E-state index is 0.0542. The molecule has 0 radical (unpaired) electrons. The molecule has 0 unspecified atom stereocenters. The standard InChI is InChI=1S/C16H23BrO2/c1-2-3-4-5-6-7-12-19-13-16(18)14-8-10-15(17)11-9-14/h8-11H,2-7,12-13H2,1H3. The maximum absolute atomic E-state index is 11.8. The molecule has 106 valence electrons. The molecule has 3 heteroatoms. The molecular weight excluding hydrogens is 304 g/mol. The van der Waals surface area contributed by atoms with Crippen molar-refractivity contribution in [3.63, 3.8) is 0 Å². The van der Waals surface area contributed by atoms with Crippen molar-refractivity contribution in [2.24, 2.45) is 0 Å². The third-order valence-corrected chi connectivity index (χ3v) is 3.57. The van der Waals surface area contributed by atoms with Crippen molar-refractivity contribution >= 4 is 21.7 Å². The highest BCUT2D eigenvalue weighted by Gasteiger charge is 2.05. The zero-order chi connectivity index (χ0) is 13.9. The van der Waals surface area contributed by atoms with Crippen molar-refractivity contribution < 1.29 is 9.53 Å². The molecule has 0 fully saturated rings. The minimum Gasteiger partial charge on any atom is -0.373 e. The summed E-state index contributed by atoms with van der Waals surface area (Å²) in [7, 11) is 0. The smallest absolute Gasteiger partial charge is 0.188 e. The predicted octanol–water partition coefficient (Wildman–Crippen LogP) is 5.01. The van der Waals surface area contributed by atoms with Gasteiger partial charge in [0.1, 0.15) is 6.61 Å². The first-order valence-corrected chi connectivity index (χ1v) is 7.90. The Labute approximate surface area is 124 Å². The van der Waals surface area contributed by atoms with Gasteiger partial charge in [-0.05, 0) is 18.6 Å². The van der Waals surface area contributed by atoms with Gasteiger partial charge in [0, 0.05) is 16.6 Å². The van der Waals surface area contributed by atoms with E-state index in [2.05, 4.69) is 22.9 Å². The number of Topliss-reactive ketones (excluding diaryl/α,β-unsaturated/α-hetero) is 1. The maximum Gasteiger partial charge on any atom is 0.188 e. The van der Waals surface area contributed by atoms with Crippen LogP contribution in [0.25, 0.3) is 0 Å². The molecule has 0 aliphatic carbocycles. The summed E-state index contributed by atoms with van der Waals surface area (Å²) in [6.45, 7) is 3.10. The molecule has 19 heavy (non-hydrogen) atoms. The average molecular weight is 327 g/mol. The van der Waals surface area contributed by atoms with Crippen molar-refractivity contribution in [3.8, 4) is 0 Å². The SMILES string of the molecule is CCCCCCCCOCC(=O)c1ccc(Br)cc1. The Balaban J connectivity index is 2.06. The molecule has 2 nitrogen and oxygen atoms in total. The van der Waals surface area contributed by atoms with E-state index in [9.17, 15) is 4.79 Å². The lowest BCUT2D eigenvalue weighted by molar-refractivity contribution is 0.0752. The highest BCUT2D eigenvalue weighted by Crippen LogP contribution is 2.11. The first-order chi connectivity index (χ1) is 9.24. The zero-order valence-electron chi connectivity index (χ0n) is 11.7. The van der Waals surface area contributed by atoms with Crippen LogP contribution in [0, 0.1) is 0 Å². The average Bonchev–Trinajstić information content (AvgIpc) is 2.42. The molecule has 0 amide bonds. The van der Waals surface area contributed by atoms with E-state index in [1.165, 1.54) is 32.1 Å². The Morgan fingerprint density at radius 2 is 1.68 bits per heavy atom. The van der Waals surface area contributed by atoms with Crippen LogP contribution in [0.4, 0.5) is 0 Å². The van der Waals surface area contributed by atoms with Gasteiger partial charge in [-0.3, -0.25) is 4.79 Å². The van der Waals surface area contributed by atoms with Crippen LogP contribution in [-0.4, -0.2) is 19.0 Å². The number of halogens is 1. The second-order valence-electron chi connectivity index (χ2n) is 4.75. The molecule has 0 aliphatic heterocycles. The van der Waals surface area contributed by atoms with Crippen molar-refractivity contribution in [2.75, 3.05) is 13.2 Å². The van der Waals surface area contributed by atoms with Crippen LogP contribution in [0.1, 0.15) is 55.8 Å². The highest BCUT2D eigenvalue weighted by atomic mass is 79.9. The summed E-state index contributed by atoms with van der Waals surface area (Å²) in [6, 6.07) is 7.39. The number of rotatable bonds is 10. The van der Waals surface area contributed by atoms with Gasteiger partial charge in [0.15, 0.2) is 5.78 Å². The second-order valence-corrected chi connectivity index (χ2v) is 5.67. The molecule has 0 spiro atoms. The fourth-order valence-electron chi connectivity index (χ4n) is 1.87. The van der Waals surface area contributed by atoms with Crippen LogP contribution >= 0.6 is 15.9 Å².